The SMILES string of the molecule is CCCCCCCCCCCC(=O)N(CCN1CCOCC1)CC(=O)N(Cc1ccccc1)Cc1ccco1. The minimum absolute atomic E-state index is 0.0577. The maximum atomic E-state index is 13.6. The van der Waals surface area contributed by atoms with Crippen LogP contribution in [0.1, 0.15) is 82.5 Å². The van der Waals surface area contributed by atoms with Gasteiger partial charge in [-0.05, 0) is 24.1 Å². The van der Waals surface area contributed by atoms with Crippen molar-refractivity contribution >= 4 is 11.8 Å². The van der Waals surface area contributed by atoms with Gasteiger partial charge in [0, 0.05) is 39.1 Å². The summed E-state index contributed by atoms with van der Waals surface area (Å²) in [5.74, 6) is 0.759. The molecule has 0 atom stereocenters. The van der Waals surface area contributed by atoms with Crippen molar-refractivity contribution < 1.29 is 18.7 Å². The van der Waals surface area contributed by atoms with E-state index in [1.807, 2.05) is 42.5 Å². The summed E-state index contributed by atoms with van der Waals surface area (Å²) in [4.78, 5) is 32.9. The van der Waals surface area contributed by atoms with Crippen molar-refractivity contribution in [2.75, 3.05) is 45.9 Å². The Morgan fingerprint density at radius 1 is 0.795 bits per heavy atom. The summed E-state index contributed by atoms with van der Waals surface area (Å²) in [7, 11) is 0. The van der Waals surface area contributed by atoms with Crippen molar-refractivity contribution in [3.8, 4) is 0 Å². The number of nitrogens with zero attached hydrogens (tertiary/aromatic N) is 3. The fourth-order valence-electron chi connectivity index (χ4n) is 5.01. The second-order valence-electron chi connectivity index (χ2n) is 10.7. The molecule has 2 amide bonds. The predicted molar refractivity (Wildman–Crippen MR) is 155 cm³/mol. The van der Waals surface area contributed by atoms with Crippen LogP contribution in [-0.2, 0) is 27.4 Å². The second kappa shape index (κ2) is 18.6. The molecular formula is C32H49N3O4. The van der Waals surface area contributed by atoms with E-state index in [0.717, 1.165) is 57.0 Å². The lowest BCUT2D eigenvalue weighted by atomic mass is 10.1. The van der Waals surface area contributed by atoms with Gasteiger partial charge in [-0.2, -0.15) is 0 Å². The van der Waals surface area contributed by atoms with E-state index in [9.17, 15) is 9.59 Å². The van der Waals surface area contributed by atoms with Crippen molar-refractivity contribution in [1.82, 2.24) is 14.7 Å². The summed E-state index contributed by atoms with van der Waals surface area (Å²) in [6.45, 7) is 7.69. The molecule has 0 spiro atoms. The van der Waals surface area contributed by atoms with Crippen LogP contribution < -0.4 is 0 Å². The molecule has 3 rings (SSSR count). The van der Waals surface area contributed by atoms with Gasteiger partial charge in [0.15, 0.2) is 0 Å². The average Bonchev–Trinajstić information content (AvgIpc) is 3.48. The van der Waals surface area contributed by atoms with Crippen molar-refractivity contribution in [2.24, 2.45) is 0 Å². The van der Waals surface area contributed by atoms with Gasteiger partial charge in [-0.15, -0.1) is 0 Å². The molecule has 1 aromatic heterocycles. The van der Waals surface area contributed by atoms with E-state index in [0.29, 0.717) is 26.1 Å². The Labute approximate surface area is 235 Å². The number of carbonyl (C=O) groups is 2. The Balaban J connectivity index is 1.55. The largest absolute Gasteiger partial charge is 0.467 e. The molecule has 0 bridgehead atoms. The van der Waals surface area contributed by atoms with Crippen molar-refractivity contribution in [1.29, 1.82) is 0 Å². The third-order valence-corrected chi connectivity index (χ3v) is 7.46. The average molecular weight is 540 g/mol. The van der Waals surface area contributed by atoms with Gasteiger partial charge in [0.25, 0.3) is 0 Å². The van der Waals surface area contributed by atoms with Crippen LogP contribution in [0.25, 0.3) is 0 Å². The number of amides is 2. The molecule has 1 aromatic carbocycles. The van der Waals surface area contributed by atoms with Gasteiger partial charge in [-0.25, -0.2) is 0 Å². The molecule has 2 aromatic rings. The molecule has 0 radical (unpaired) electrons. The Morgan fingerprint density at radius 2 is 1.49 bits per heavy atom. The highest BCUT2D eigenvalue weighted by Gasteiger charge is 2.23. The van der Waals surface area contributed by atoms with Crippen LogP contribution in [0.5, 0.6) is 0 Å². The van der Waals surface area contributed by atoms with Gasteiger partial charge in [0.05, 0.1) is 32.6 Å². The smallest absolute Gasteiger partial charge is 0.242 e. The van der Waals surface area contributed by atoms with Crippen LogP contribution in [-0.4, -0.2) is 72.5 Å². The Bertz CT molecular complexity index is 913. The molecule has 1 aliphatic rings. The van der Waals surface area contributed by atoms with Crippen LogP contribution in [0.3, 0.4) is 0 Å². The van der Waals surface area contributed by atoms with Crippen LogP contribution in [0.2, 0.25) is 0 Å². The number of furan rings is 1. The van der Waals surface area contributed by atoms with Gasteiger partial charge < -0.3 is 19.0 Å². The minimum Gasteiger partial charge on any atom is -0.467 e. The quantitative estimate of drug-likeness (QED) is 0.208. The molecule has 1 fully saturated rings. The Kier molecular flexibility index (Phi) is 14.7. The molecule has 0 aliphatic carbocycles. The highest BCUT2D eigenvalue weighted by atomic mass is 16.5. The summed E-state index contributed by atoms with van der Waals surface area (Å²) in [6.07, 6.45) is 13.1. The molecule has 0 N–H and O–H groups in total. The standard InChI is InChI=1S/C32H49N3O4/c1-2-3-4-5-6-7-8-9-13-18-31(36)34(20-19-33-21-24-38-25-22-33)28-32(37)35(27-30-17-14-23-39-30)26-29-15-11-10-12-16-29/h10-12,14-17,23H,2-9,13,18-22,24-28H2,1H3. The first-order valence-corrected chi connectivity index (χ1v) is 15.1. The van der Waals surface area contributed by atoms with E-state index < -0.39 is 0 Å². The summed E-state index contributed by atoms with van der Waals surface area (Å²) < 4.78 is 11.0. The fraction of sp³-hybridized carbons (Fsp3) is 0.625. The van der Waals surface area contributed by atoms with Gasteiger partial charge in [0.1, 0.15) is 5.76 Å². The zero-order valence-electron chi connectivity index (χ0n) is 24.0. The molecule has 2 heterocycles. The molecule has 39 heavy (non-hydrogen) atoms. The van der Waals surface area contributed by atoms with Gasteiger partial charge in [-0.3, -0.25) is 14.5 Å². The minimum atomic E-state index is -0.0577. The number of hydrogen-bond acceptors (Lipinski definition) is 5. The normalized spacial score (nSPS) is 13.9. The second-order valence-corrected chi connectivity index (χ2v) is 10.7. The zero-order chi connectivity index (χ0) is 27.5. The summed E-state index contributed by atoms with van der Waals surface area (Å²) in [5.41, 5.74) is 1.05. The Morgan fingerprint density at radius 3 is 2.15 bits per heavy atom. The number of unbranched alkanes of at least 4 members (excludes halogenated alkanes) is 8. The van der Waals surface area contributed by atoms with Gasteiger partial charge in [-0.1, -0.05) is 88.6 Å². The molecular weight excluding hydrogens is 490 g/mol. The monoisotopic (exact) mass is 539 g/mol. The van der Waals surface area contributed by atoms with E-state index in [2.05, 4.69) is 11.8 Å². The van der Waals surface area contributed by atoms with Gasteiger partial charge in [0.2, 0.25) is 11.8 Å². The van der Waals surface area contributed by atoms with Crippen molar-refractivity contribution in [3.63, 3.8) is 0 Å². The highest BCUT2D eigenvalue weighted by molar-refractivity contribution is 5.84. The molecule has 1 aliphatic heterocycles. The van der Waals surface area contributed by atoms with E-state index in [4.69, 9.17) is 9.15 Å². The van der Waals surface area contributed by atoms with E-state index >= 15 is 0 Å². The first-order chi connectivity index (χ1) is 19.2. The third kappa shape index (κ3) is 12.4. The molecule has 216 valence electrons. The summed E-state index contributed by atoms with van der Waals surface area (Å²) in [5, 5.41) is 0. The number of benzene rings is 1. The highest BCUT2D eigenvalue weighted by Crippen LogP contribution is 2.14. The lowest BCUT2D eigenvalue weighted by molar-refractivity contribution is -0.141. The zero-order valence-corrected chi connectivity index (χ0v) is 24.0. The molecule has 1 saturated heterocycles. The van der Waals surface area contributed by atoms with E-state index in [1.165, 1.54) is 44.9 Å². The fourth-order valence-corrected chi connectivity index (χ4v) is 5.01. The lowest BCUT2D eigenvalue weighted by Crippen LogP contribution is -2.47. The summed E-state index contributed by atoms with van der Waals surface area (Å²) >= 11 is 0. The molecule has 0 unspecified atom stereocenters. The first-order valence-electron chi connectivity index (χ1n) is 15.1. The van der Waals surface area contributed by atoms with Crippen LogP contribution in [0.15, 0.2) is 53.1 Å². The third-order valence-electron chi connectivity index (χ3n) is 7.46. The van der Waals surface area contributed by atoms with Crippen LogP contribution in [0.4, 0.5) is 0 Å². The number of rotatable bonds is 19. The number of ether oxygens (including phenoxy) is 1. The number of morpholine rings is 1. The Hall–Kier alpha value is -2.64. The molecule has 0 saturated carbocycles. The lowest BCUT2D eigenvalue weighted by Gasteiger charge is -2.31. The van der Waals surface area contributed by atoms with Crippen LogP contribution in [0, 0.1) is 0 Å². The topological polar surface area (TPSA) is 66.2 Å². The van der Waals surface area contributed by atoms with Crippen molar-refractivity contribution in [3.05, 3.63) is 60.1 Å². The number of hydrogen-bond donors (Lipinski definition) is 0. The van der Waals surface area contributed by atoms with Crippen LogP contribution >= 0.6 is 0 Å². The maximum absolute atomic E-state index is 13.6. The van der Waals surface area contributed by atoms with E-state index in [-0.39, 0.29) is 18.4 Å². The molecule has 7 nitrogen and oxygen atoms in total. The molecule has 7 heteroatoms. The predicted octanol–water partition coefficient (Wildman–Crippen LogP) is 5.89. The summed E-state index contributed by atoms with van der Waals surface area (Å²) in [6, 6.07) is 13.7. The van der Waals surface area contributed by atoms with Gasteiger partial charge >= 0.3 is 0 Å². The van der Waals surface area contributed by atoms with E-state index in [1.54, 1.807) is 16.1 Å². The maximum Gasteiger partial charge on any atom is 0.242 e. The van der Waals surface area contributed by atoms with Crippen molar-refractivity contribution in [2.45, 2.75) is 84.2 Å². The first kappa shape index (κ1) is 30.9. The number of carbonyl (C=O) groups excluding carboxylic acids is 2.